The maximum Gasteiger partial charge on any atom is 0.106 e. The molecule has 5 atom stereocenters. The van der Waals surface area contributed by atoms with Crippen molar-refractivity contribution < 1.29 is 9.94 Å². The zero-order valence-electron chi connectivity index (χ0n) is 13.8. The van der Waals surface area contributed by atoms with Gasteiger partial charge in [-0.25, -0.2) is 0 Å². The van der Waals surface area contributed by atoms with Gasteiger partial charge in [0, 0.05) is 12.0 Å². The van der Waals surface area contributed by atoms with E-state index in [1.54, 1.807) is 0 Å². The van der Waals surface area contributed by atoms with E-state index in [9.17, 15) is 5.11 Å². The number of hydroxylamine groups is 2. The highest BCUT2D eigenvalue weighted by Crippen LogP contribution is 2.66. The first kappa shape index (κ1) is 14.7. The molecule has 3 fully saturated rings. The van der Waals surface area contributed by atoms with Crippen molar-refractivity contribution in [3.63, 3.8) is 0 Å². The van der Waals surface area contributed by atoms with Crippen molar-refractivity contribution in [1.29, 1.82) is 0 Å². The van der Waals surface area contributed by atoms with E-state index in [1.807, 2.05) is 6.07 Å². The number of benzene rings is 1. The molecule has 3 aliphatic rings. The highest BCUT2D eigenvalue weighted by Gasteiger charge is 2.67. The van der Waals surface area contributed by atoms with Crippen LogP contribution in [0.2, 0.25) is 0 Å². The van der Waals surface area contributed by atoms with E-state index < -0.39 is 0 Å². The van der Waals surface area contributed by atoms with Gasteiger partial charge in [0.05, 0.1) is 12.1 Å². The summed E-state index contributed by atoms with van der Waals surface area (Å²) in [4.78, 5) is 6.27. The Morgan fingerprint density at radius 1 is 1.14 bits per heavy atom. The first-order valence-corrected chi connectivity index (χ1v) is 8.61. The SMILES string of the molecule is CC1(C)[C@@H]2CC[C@@]1(C)[C@H](O)[C@@H]2N1CC[C@H](c2ccccc2)O1. The molecule has 120 valence electrons. The first-order chi connectivity index (χ1) is 10.4. The lowest BCUT2D eigenvalue weighted by Gasteiger charge is -2.38. The second-order valence-electron chi connectivity index (χ2n) is 8.15. The van der Waals surface area contributed by atoms with Crippen molar-refractivity contribution in [2.45, 2.75) is 58.3 Å². The molecule has 0 aromatic heterocycles. The number of nitrogens with zero attached hydrogens (tertiary/aromatic N) is 1. The van der Waals surface area contributed by atoms with E-state index in [-0.39, 0.29) is 29.1 Å². The van der Waals surface area contributed by atoms with Crippen LogP contribution >= 0.6 is 0 Å². The fraction of sp³-hybridized carbons (Fsp3) is 0.684. The van der Waals surface area contributed by atoms with E-state index in [1.165, 1.54) is 12.0 Å². The summed E-state index contributed by atoms with van der Waals surface area (Å²) in [5.41, 5.74) is 1.45. The number of hydrogen-bond acceptors (Lipinski definition) is 3. The van der Waals surface area contributed by atoms with Gasteiger partial charge >= 0.3 is 0 Å². The second kappa shape index (κ2) is 4.80. The summed E-state index contributed by atoms with van der Waals surface area (Å²) < 4.78 is 0. The van der Waals surface area contributed by atoms with Crippen molar-refractivity contribution in [2.75, 3.05) is 6.54 Å². The molecule has 2 saturated carbocycles. The summed E-state index contributed by atoms with van der Waals surface area (Å²) in [7, 11) is 0. The van der Waals surface area contributed by atoms with Crippen LogP contribution < -0.4 is 0 Å². The highest BCUT2D eigenvalue weighted by molar-refractivity contribution is 5.20. The van der Waals surface area contributed by atoms with Crippen molar-refractivity contribution in [3.8, 4) is 0 Å². The Morgan fingerprint density at radius 3 is 2.50 bits per heavy atom. The number of aliphatic hydroxyl groups is 1. The Bertz CT molecular complexity index is 558. The van der Waals surface area contributed by atoms with Crippen LogP contribution in [-0.2, 0) is 4.84 Å². The molecular weight excluding hydrogens is 274 g/mol. The van der Waals surface area contributed by atoms with Crippen LogP contribution in [0.4, 0.5) is 0 Å². The number of hydrogen-bond donors (Lipinski definition) is 1. The number of aliphatic hydroxyl groups excluding tert-OH is 1. The smallest absolute Gasteiger partial charge is 0.106 e. The summed E-state index contributed by atoms with van der Waals surface area (Å²) in [5, 5.41) is 13.1. The maximum absolute atomic E-state index is 11.0. The highest BCUT2D eigenvalue weighted by atomic mass is 16.7. The Balaban J connectivity index is 1.55. The molecule has 0 radical (unpaired) electrons. The molecule has 3 heteroatoms. The fourth-order valence-corrected chi connectivity index (χ4v) is 5.27. The molecule has 1 saturated heterocycles. The summed E-state index contributed by atoms with van der Waals surface area (Å²) >= 11 is 0. The molecule has 4 rings (SSSR count). The molecule has 3 nitrogen and oxygen atoms in total. The monoisotopic (exact) mass is 301 g/mol. The van der Waals surface area contributed by atoms with Crippen molar-refractivity contribution in [3.05, 3.63) is 35.9 Å². The largest absolute Gasteiger partial charge is 0.391 e. The zero-order chi connectivity index (χ0) is 15.5. The molecule has 1 aromatic rings. The molecule has 22 heavy (non-hydrogen) atoms. The normalized spacial score (nSPS) is 43.8. The van der Waals surface area contributed by atoms with Crippen molar-refractivity contribution >= 4 is 0 Å². The summed E-state index contributed by atoms with van der Waals surface area (Å²) in [6, 6.07) is 10.6. The van der Waals surface area contributed by atoms with Gasteiger partial charge in [-0.15, -0.1) is 0 Å². The molecule has 1 aliphatic heterocycles. The first-order valence-electron chi connectivity index (χ1n) is 8.61. The summed E-state index contributed by atoms with van der Waals surface area (Å²) in [6.45, 7) is 7.85. The Labute approximate surface area is 133 Å². The number of rotatable bonds is 2. The topological polar surface area (TPSA) is 32.7 Å². The minimum Gasteiger partial charge on any atom is -0.391 e. The average Bonchev–Trinajstić information content (AvgIpc) is 3.11. The van der Waals surface area contributed by atoms with Gasteiger partial charge in [-0.05, 0) is 36.2 Å². The lowest BCUT2D eigenvalue weighted by atomic mass is 9.70. The van der Waals surface area contributed by atoms with E-state index in [0.29, 0.717) is 5.92 Å². The van der Waals surface area contributed by atoms with Gasteiger partial charge in [-0.1, -0.05) is 51.1 Å². The van der Waals surface area contributed by atoms with Gasteiger partial charge in [-0.3, -0.25) is 4.84 Å². The Morgan fingerprint density at radius 2 is 1.86 bits per heavy atom. The van der Waals surface area contributed by atoms with Crippen LogP contribution in [0.5, 0.6) is 0 Å². The van der Waals surface area contributed by atoms with Gasteiger partial charge in [-0.2, -0.15) is 5.06 Å². The third kappa shape index (κ3) is 1.79. The van der Waals surface area contributed by atoms with Crippen LogP contribution in [0.1, 0.15) is 51.7 Å². The van der Waals surface area contributed by atoms with Gasteiger partial charge in [0.25, 0.3) is 0 Å². The van der Waals surface area contributed by atoms with Gasteiger partial charge in [0.1, 0.15) is 6.10 Å². The third-order valence-corrected chi connectivity index (χ3v) is 7.14. The summed E-state index contributed by atoms with van der Waals surface area (Å²) in [6.07, 6.45) is 3.22. The molecule has 1 heterocycles. The molecule has 1 N–H and O–H groups in total. The fourth-order valence-electron chi connectivity index (χ4n) is 5.27. The zero-order valence-corrected chi connectivity index (χ0v) is 13.8. The van der Waals surface area contributed by atoms with Crippen LogP contribution in [0, 0.1) is 16.7 Å². The number of fused-ring (bicyclic) bond motifs is 2. The lowest BCUT2D eigenvalue weighted by Crippen LogP contribution is -2.48. The van der Waals surface area contributed by atoms with E-state index >= 15 is 0 Å². The standard InChI is InChI=1S/C19H27NO2/c1-18(2)14-9-11-19(18,3)17(21)16(14)20-12-10-15(22-20)13-7-5-4-6-8-13/h4-8,14-17,21H,9-12H2,1-3H3/t14-,15-,16-,17-,19+/m1/s1. The summed E-state index contributed by atoms with van der Waals surface area (Å²) in [5.74, 6) is 0.530. The Hall–Kier alpha value is -0.900. The minimum absolute atomic E-state index is 0.0243. The van der Waals surface area contributed by atoms with Crippen LogP contribution in [0.25, 0.3) is 0 Å². The van der Waals surface area contributed by atoms with Gasteiger partial charge < -0.3 is 5.11 Å². The van der Waals surface area contributed by atoms with Gasteiger partial charge in [0.2, 0.25) is 0 Å². The predicted octanol–water partition coefficient (Wildman–Crippen LogP) is 3.55. The minimum atomic E-state index is -0.282. The van der Waals surface area contributed by atoms with Crippen molar-refractivity contribution in [1.82, 2.24) is 5.06 Å². The molecule has 2 bridgehead atoms. The van der Waals surface area contributed by atoms with E-state index in [2.05, 4.69) is 50.1 Å². The molecule has 0 amide bonds. The van der Waals surface area contributed by atoms with Gasteiger partial charge in [0.15, 0.2) is 0 Å². The molecule has 1 aromatic carbocycles. The molecule has 2 aliphatic carbocycles. The predicted molar refractivity (Wildman–Crippen MR) is 86.0 cm³/mol. The lowest BCUT2D eigenvalue weighted by molar-refractivity contribution is -0.207. The quantitative estimate of drug-likeness (QED) is 0.907. The maximum atomic E-state index is 11.0. The molecule has 0 spiro atoms. The van der Waals surface area contributed by atoms with E-state index in [0.717, 1.165) is 19.4 Å². The molecule has 0 unspecified atom stereocenters. The van der Waals surface area contributed by atoms with Crippen LogP contribution in [0.3, 0.4) is 0 Å². The van der Waals surface area contributed by atoms with Crippen LogP contribution in [-0.4, -0.2) is 28.9 Å². The average molecular weight is 301 g/mol. The van der Waals surface area contributed by atoms with Crippen molar-refractivity contribution in [2.24, 2.45) is 16.7 Å². The molecular formula is C19H27NO2. The van der Waals surface area contributed by atoms with Crippen LogP contribution in [0.15, 0.2) is 30.3 Å². The third-order valence-electron chi connectivity index (χ3n) is 7.14. The van der Waals surface area contributed by atoms with E-state index in [4.69, 9.17) is 4.84 Å². The Kier molecular flexibility index (Phi) is 3.20. The second-order valence-corrected chi connectivity index (χ2v) is 8.15.